The molecule has 1 saturated heterocycles. The molecule has 0 aromatic heterocycles. The van der Waals surface area contributed by atoms with Crippen LogP contribution in [0.3, 0.4) is 0 Å². The van der Waals surface area contributed by atoms with E-state index < -0.39 is 47.3 Å². The number of aliphatic hydroxyl groups excluding tert-OH is 2. The van der Waals surface area contributed by atoms with E-state index in [0.29, 0.717) is 0 Å². The normalized spacial score (nSPS) is 34.4. The second-order valence-electron chi connectivity index (χ2n) is 5.61. The average Bonchev–Trinajstić information content (AvgIpc) is 2.99. The van der Waals surface area contributed by atoms with Crippen LogP contribution in [-0.4, -0.2) is 89.2 Å². The lowest BCUT2D eigenvalue weighted by atomic mass is 10.1. The largest absolute Gasteiger partial charge is 0.397 e. The van der Waals surface area contributed by atoms with Gasteiger partial charge in [-0.1, -0.05) is 0 Å². The van der Waals surface area contributed by atoms with Crippen molar-refractivity contribution in [1.29, 1.82) is 0 Å². The summed E-state index contributed by atoms with van der Waals surface area (Å²) in [5, 5.41) is 20.2. The zero-order valence-corrected chi connectivity index (χ0v) is 13.4. The summed E-state index contributed by atoms with van der Waals surface area (Å²) >= 11 is 0. The molecule has 0 saturated carbocycles. The number of nitrogens with two attached hydrogens (primary N) is 3. The first-order valence-electron chi connectivity index (χ1n) is 6.97. The summed E-state index contributed by atoms with van der Waals surface area (Å²) in [6, 6.07) is 0. The van der Waals surface area contributed by atoms with E-state index in [0.717, 1.165) is 0 Å². The molecule has 14 nitrogen and oxygen atoms in total. The molecular weight excluding hydrogens is 362 g/mol. The van der Waals surface area contributed by atoms with Crippen molar-refractivity contribution in [2.75, 3.05) is 13.3 Å². The molecule has 0 aromatic carbocycles. The molecule has 0 radical (unpaired) electrons. The highest BCUT2D eigenvalue weighted by molar-refractivity contribution is 7.80. The second kappa shape index (κ2) is 5.92. The molecule has 3 rings (SSSR count). The molecule has 25 heavy (non-hydrogen) atoms. The van der Waals surface area contributed by atoms with E-state index in [9.17, 15) is 18.6 Å². The first-order chi connectivity index (χ1) is 11.5. The summed E-state index contributed by atoms with van der Waals surface area (Å²) in [5.74, 6) is -1.79. The van der Waals surface area contributed by atoms with Crippen LogP contribution in [0.4, 0.5) is 0 Å². The van der Waals surface area contributed by atoms with Crippen LogP contribution in [0, 0.1) is 0 Å². The van der Waals surface area contributed by atoms with Gasteiger partial charge in [-0.3, -0.25) is 21.0 Å². The van der Waals surface area contributed by atoms with Gasteiger partial charge in [0.05, 0.1) is 6.61 Å². The maximum Gasteiger partial charge on any atom is 0.397 e. The van der Waals surface area contributed by atoms with Gasteiger partial charge in [0.1, 0.15) is 30.7 Å². The molecular formula is C10H17N7O7S. The van der Waals surface area contributed by atoms with Gasteiger partial charge in [0.15, 0.2) is 12.1 Å². The van der Waals surface area contributed by atoms with Gasteiger partial charge >= 0.3 is 10.4 Å². The average molecular weight is 379 g/mol. The molecule has 140 valence electrons. The molecule has 4 atom stereocenters. The second-order valence-corrected chi connectivity index (χ2v) is 6.70. The van der Waals surface area contributed by atoms with Gasteiger partial charge in [-0.2, -0.15) is 13.4 Å². The van der Waals surface area contributed by atoms with E-state index >= 15 is 0 Å². The van der Waals surface area contributed by atoms with Gasteiger partial charge in [-0.05, 0) is 0 Å². The Bertz CT molecular complexity index is 764. The quantitative estimate of drug-likeness (QED) is 0.200. The minimum absolute atomic E-state index is 0.0621. The summed E-state index contributed by atoms with van der Waals surface area (Å²) in [6.45, 7) is -0.768. The predicted octanol–water partition coefficient (Wildman–Crippen LogP) is -4.74. The summed E-state index contributed by atoms with van der Waals surface area (Å²) in [5.41, 5.74) is 17.3. The molecule has 0 bridgehead atoms. The summed E-state index contributed by atoms with van der Waals surface area (Å²) in [4.78, 5) is 13.2. The van der Waals surface area contributed by atoms with Gasteiger partial charge in [0.2, 0.25) is 11.7 Å². The molecule has 0 amide bonds. The van der Waals surface area contributed by atoms with Gasteiger partial charge in [-0.15, -0.1) is 0 Å². The monoisotopic (exact) mass is 379 g/mol. The zero-order valence-electron chi connectivity index (χ0n) is 12.6. The number of ether oxygens (including phenoxy) is 1. The van der Waals surface area contributed by atoms with E-state index in [1.807, 2.05) is 0 Å². The van der Waals surface area contributed by atoms with Crippen molar-refractivity contribution in [3.63, 3.8) is 0 Å². The molecule has 0 spiro atoms. The molecule has 1 fully saturated rings. The van der Waals surface area contributed by atoms with Crippen LogP contribution in [0.5, 0.6) is 0 Å². The van der Waals surface area contributed by atoms with Crippen LogP contribution in [0.15, 0.2) is 15.0 Å². The van der Waals surface area contributed by atoms with Gasteiger partial charge < -0.3 is 25.6 Å². The van der Waals surface area contributed by atoms with Crippen LogP contribution >= 0.6 is 0 Å². The van der Waals surface area contributed by atoms with Crippen molar-refractivity contribution in [2.45, 2.75) is 30.3 Å². The fourth-order valence-corrected chi connectivity index (χ4v) is 3.00. The van der Waals surface area contributed by atoms with E-state index in [1.54, 1.807) is 0 Å². The molecule has 15 heteroatoms. The number of amidine groups is 1. The van der Waals surface area contributed by atoms with E-state index in [2.05, 4.69) is 19.2 Å². The van der Waals surface area contributed by atoms with Crippen molar-refractivity contribution < 1.29 is 32.1 Å². The van der Waals surface area contributed by atoms with E-state index in [4.69, 9.17) is 26.5 Å². The molecule has 0 aliphatic carbocycles. The number of rotatable bonds is 4. The van der Waals surface area contributed by atoms with Gasteiger partial charge in [0.25, 0.3) is 0 Å². The predicted molar refractivity (Wildman–Crippen MR) is 82.5 cm³/mol. The van der Waals surface area contributed by atoms with Crippen LogP contribution in [0.25, 0.3) is 0 Å². The van der Waals surface area contributed by atoms with Crippen LogP contribution < -0.4 is 17.2 Å². The highest BCUT2D eigenvalue weighted by atomic mass is 32.3. The van der Waals surface area contributed by atoms with Crippen molar-refractivity contribution in [2.24, 2.45) is 32.2 Å². The summed E-state index contributed by atoms with van der Waals surface area (Å²) in [6.07, 6.45) is -5.35. The third-order valence-electron chi connectivity index (χ3n) is 3.79. The number of hydrogen-bond acceptors (Lipinski definition) is 13. The Balaban J connectivity index is 1.78. The summed E-state index contributed by atoms with van der Waals surface area (Å²) < 4.78 is 39.5. The van der Waals surface area contributed by atoms with E-state index in [-0.39, 0.29) is 24.2 Å². The number of aliphatic imine (C=N–C) groups is 3. The molecule has 3 aliphatic heterocycles. The minimum atomic E-state index is -4.73. The maximum absolute atomic E-state index is 10.6. The van der Waals surface area contributed by atoms with Crippen molar-refractivity contribution in [3.05, 3.63) is 0 Å². The first-order valence-corrected chi connectivity index (χ1v) is 8.33. The number of guanidine groups is 1. The number of hydrogen-bond donors (Lipinski definition) is 6. The third-order valence-corrected chi connectivity index (χ3v) is 4.22. The number of aliphatic hydroxyl groups is 2. The van der Waals surface area contributed by atoms with Crippen LogP contribution in [-0.2, 0) is 19.3 Å². The van der Waals surface area contributed by atoms with Crippen molar-refractivity contribution >= 4 is 27.9 Å². The Labute approximate surface area is 141 Å². The SMILES string of the molecule is NC1=NC(N)(N)C2=NCN([C@@H]3O[C@H](COS(=O)(=O)O)[C@@H](O)[C@H]3O)C2=N1. The van der Waals surface area contributed by atoms with Crippen LogP contribution in [0.2, 0.25) is 0 Å². The Kier molecular flexibility index (Phi) is 4.28. The smallest absolute Gasteiger partial charge is 0.387 e. The van der Waals surface area contributed by atoms with Crippen molar-refractivity contribution in [1.82, 2.24) is 4.90 Å². The Hall–Kier alpha value is -1.72. The lowest BCUT2D eigenvalue weighted by Crippen LogP contribution is -2.62. The van der Waals surface area contributed by atoms with Crippen molar-refractivity contribution in [3.8, 4) is 0 Å². The fourth-order valence-electron chi connectivity index (χ4n) is 2.70. The third kappa shape index (κ3) is 3.35. The lowest BCUT2D eigenvalue weighted by Gasteiger charge is -2.31. The number of nitrogens with zero attached hydrogens (tertiary/aromatic N) is 4. The number of fused-ring (bicyclic) bond motifs is 1. The fraction of sp³-hybridized carbons (Fsp3) is 0.700. The zero-order chi connectivity index (χ0) is 18.6. The Morgan fingerprint density at radius 2 is 2.04 bits per heavy atom. The van der Waals surface area contributed by atoms with E-state index in [1.165, 1.54) is 4.90 Å². The standard InChI is InChI=1S/C10H17N7O7S/c11-9-15-7-6(10(12,13)16-9)14-2-17(7)8-5(19)4(18)3(24-8)1-23-25(20,21)22/h3-5,8,18-19H,1-2,12-13H2,(H2,11,16)(H,20,21,22)/t3-,4-,5-,8-/m1/s1. The maximum atomic E-state index is 10.6. The van der Waals surface area contributed by atoms with Gasteiger partial charge in [0, 0.05) is 0 Å². The molecule has 3 aliphatic rings. The molecule has 9 N–H and O–H groups in total. The molecule has 0 unspecified atom stereocenters. The first kappa shape index (κ1) is 18.1. The van der Waals surface area contributed by atoms with Crippen LogP contribution in [0.1, 0.15) is 0 Å². The topological polar surface area (TPSA) is 232 Å². The lowest BCUT2D eigenvalue weighted by molar-refractivity contribution is -0.0663. The Morgan fingerprint density at radius 3 is 2.68 bits per heavy atom. The minimum Gasteiger partial charge on any atom is -0.387 e. The molecule has 0 aromatic rings. The van der Waals surface area contributed by atoms with Gasteiger partial charge in [-0.25, -0.2) is 9.18 Å². The highest BCUT2D eigenvalue weighted by Gasteiger charge is 2.50. The summed E-state index contributed by atoms with van der Waals surface area (Å²) in [7, 11) is -4.73. The molecule has 3 heterocycles. The Morgan fingerprint density at radius 1 is 1.36 bits per heavy atom. The highest BCUT2D eigenvalue weighted by Crippen LogP contribution is 2.28.